The van der Waals surface area contributed by atoms with Crippen LogP contribution in [0.1, 0.15) is 19.8 Å². The monoisotopic (exact) mass is 173 g/mol. The van der Waals surface area contributed by atoms with Crippen molar-refractivity contribution in [3.05, 3.63) is 0 Å². The molecule has 0 bridgehead atoms. The molecular weight excluding hydrogens is 154 g/mol. The predicted octanol–water partition coefficient (Wildman–Crippen LogP) is 0.480. The van der Waals surface area contributed by atoms with E-state index >= 15 is 0 Å². The van der Waals surface area contributed by atoms with Gasteiger partial charge in [0.2, 0.25) is 0 Å². The maximum atomic E-state index is 9.01. The highest BCUT2D eigenvalue weighted by molar-refractivity contribution is 4.77. The van der Waals surface area contributed by atoms with Crippen molar-refractivity contribution in [2.24, 2.45) is 0 Å². The van der Waals surface area contributed by atoms with Crippen LogP contribution in [0, 0.1) is 0 Å². The Kier molecular flexibility index (Phi) is 4.58. The molecule has 3 heteroatoms. The lowest BCUT2D eigenvalue weighted by atomic mass is 10.2. The van der Waals surface area contributed by atoms with Gasteiger partial charge in [0.25, 0.3) is 0 Å². The summed E-state index contributed by atoms with van der Waals surface area (Å²) in [7, 11) is 0. The van der Waals surface area contributed by atoms with E-state index in [-0.39, 0.29) is 0 Å². The first-order valence-electron chi connectivity index (χ1n) is 4.81. The summed E-state index contributed by atoms with van der Waals surface area (Å²) < 4.78 is 5.26. The number of likely N-dealkylation sites (tertiary alicyclic amines) is 1. The summed E-state index contributed by atoms with van der Waals surface area (Å²) in [5.41, 5.74) is 0. The smallest absolute Gasteiger partial charge is 0.0593 e. The number of aliphatic hydroxyl groups excluding tert-OH is 1. The van der Waals surface area contributed by atoms with Gasteiger partial charge in [-0.1, -0.05) is 0 Å². The molecular formula is C9H19NO2. The minimum Gasteiger partial charge on any atom is -0.395 e. The van der Waals surface area contributed by atoms with Gasteiger partial charge in [-0.3, -0.25) is 4.90 Å². The van der Waals surface area contributed by atoms with Gasteiger partial charge in [0.1, 0.15) is 0 Å². The van der Waals surface area contributed by atoms with Gasteiger partial charge in [-0.15, -0.1) is 0 Å². The van der Waals surface area contributed by atoms with E-state index in [0.717, 1.165) is 32.7 Å². The largest absolute Gasteiger partial charge is 0.395 e. The van der Waals surface area contributed by atoms with E-state index in [1.165, 1.54) is 6.42 Å². The normalized spacial score (nSPS) is 25.0. The number of hydrogen-bond acceptors (Lipinski definition) is 3. The number of aliphatic hydroxyl groups is 1. The molecule has 0 aromatic carbocycles. The minimum absolute atomic E-state index is 0.298. The summed E-state index contributed by atoms with van der Waals surface area (Å²) in [6, 6.07) is 0.394. The molecule has 1 aliphatic rings. The first-order valence-corrected chi connectivity index (χ1v) is 4.81. The zero-order valence-corrected chi connectivity index (χ0v) is 7.83. The molecule has 1 atom stereocenters. The van der Waals surface area contributed by atoms with Crippen molar-refractivity contribution in [1.29, 1.82) is 0 Å². The van der Waals surface area contributed by atoms with Crippen LogP contribution in [0.3, 0.4) is 0 Å². The summed E-state index contributed by atoms with van der Waals surface area (Å²) in [6.07, 6.45) is 2.36. The predicted molar refractivity (Wildman–Crippen MR) is 48.2 cm³/mol. The van der Waals surface area contributed by atoms with Gasteiger partial charge in [0, 0.05) is 19.2 Å². The van der Waals surface area contributed by atoms with Gasteiger partial charge < -0.3 is 9.84 Å². The number of nitrogens with zero attached hydrogens (tertiary/aromatic N) is 1. The Hall–Kier alpha value is -0.120. The molecule has 1 heterocycles. The maximum absolute atomic E-state index is 9.01. The Morgan fingerprint density at radius 1 is 1.58 bits per heavy atom. The average Bonchev–Trinajstić information content (AvgIpc) is 2.52. The SMILES string of the molecule is CCOCCN1CCCC1CO. The fourth-order valence-electron chi connectivity index (χ4n) is 1.72. The van der Waals surface area contributed by atoms with Crippen molar-refractivity contribution in [1.82, 2.24) is 4.90 Å². The highest BCUT2D eigenvalue weighted by Crippen LogP contribution is 2.15. The van der Waals surface area contributed by atoms with E-state index < -0.39 is 0 Å². The summed E-state index contributed by atoms with van der Waals surface area (Å²) in [5.74, 6) is 0. The van der Waals surface area contributed by atoms with E-state index in [4.69, 9.17) is 9.84 Å². The molecule has 0 spiro atoms. The third-order valence-electron chi connectivity index (χ3n) is 2.44. The number of rotatable bonds is 5. The van der Waals surface area contributed by atoms with Gasteiger partial charge in [-0.25, -0.2) is 0 Å². The Bertz CT molecular complexity index is 119. The second-order valence-electron chi connectivity index (χ2n) is 3.21. The van der Waals surface area contributed by atoms with Crippen LogP contribution < -0.4 is 0 Å². The Morgan fingerprint density at radius 3 is 3.08 bits per heavy atom. The highest BCUT2D eigenvalue weighted by Gasteiger charge is 2.22. The average molecular weight is 173 g/mol. The zero-order chi connectivity index (χ0) is 8.81. The van der Waals surface area contributed by atoms with Gasteiger partial charge in [0.05, 0.1) is 13.2 Å². The van der Waals surface area contributed by atoms with Gasteiger partial charge in [-0.2, -0.15) is 0 Å². The van der Waals surface area contributed by atoms with Crippen LogP contribution in [0.15, 0.2) is 0 Å². The zero-order valence-electron chi connectivity index (χ0n) is 7.83. The standard InChI is InChI=1S/C9H19NO2/c1-2-12-7-6-10-5-3-4-9(10)8-11/h9,11H,2-8H2,1H3. The summed E-state index contributed by atoms with van der Waals surface area (Å²) in [6.45, 7) is 5.99. The molecule has 0 radical (unpaired) electrons. The molecule has 12 heavy (non-hydrogen) atoms. The molecule has 1 N–H and O–H groups in total. The third-order valence-corrected chi connectivity index (χ3v) is 2.44. The minimum atomic E-state index is 0.298. The molecule has 1 aliphatic heterocycles. The topological polar surface area (TPSA) is 32.7 Å². The second kappa shape index (κ2) is 5.51. The second-order valence-corrected chi connectivity index (χ2v) is 3.21. The fourth-order valence-corrected chi connectivity index (χ4v) is 1.72. The molecule has 1 rings (SSSR count). The van der Waals surface area contributed by atoms with Crippen LogP contribution in [0.2, 0.25) is 0 Å². The van der Waals surface area contributed by atoms with Crippen molar-refractivity contribution < 1.29 is 9.84 Å². The van der Waals surface area contributed by atoms with Crippen molar-refractivity contribution in [2.45, 2.75) is 25.8 Å². The number of hydrogen-bond donors (Lipinski definition) is 1. The molecule has 1 saturated heterocycles. The Labute approximate surface area is 74.3 Å². The summed E-state index contributed by atoms with van der Waals surface area (Å²) >= 11 is 0. The van der Waals surface area contributed by atoms with Gasteiger partial charge >= 0.3 is 0 Å². The summed E-state index contributed by atoms with van der Waals surface area (Å²) in [4.78, 5) is 2.32. The molecule has 0 amide bonds. The quantitative estimate of drug-likeness (QED) is 0.614. The van der Waals surface area contributed by atoms with Gasteiger partial charge in [0.15, 0.2) is 0 Å². The summed E-state index contributed by atoms with van der Waals surface area (Å²) in [5, 5.41) is 9.01. The lowest BCUT2D eigenvalue weighted by Gasteiger charge is -2.21. The highest BCUT2D eigenvalue weighted by atomic mass is 16.5. The third kappa shape index (κ3) is 2.73. The maximum Gasteiger partial charge on any atom is 0.0593 e. The van der Waals surface area contributed by atoms with Crippen LogP contribution in [-0.4, -0.2) is 49.0 Å². The van der Waals surface area contributed by atoms with Crippen molar-refractivity contribution in [2.75, 3.05) is 32.9 Å². The van der Waals surface area contributed by atoms with Crippen molar-refractivity contribution in [3.63, 3.8) is 0 Å². The Balaban J connectivity index is 2.12. The van der Waals surface area contributed by atoms with E-state index in [0.29, 0.717) is 12.6 Å². The molecule has 0 aromatic heterocycles. The lowest BCUT2D eigenvalue weighted by molar-refractivity contribution is 0.0919. The Morgan fingerprint density at radius 2 is 2.42 bits per heavy atom. The van der Waals surface area contributed by atoms with Crippen LogP contribution >= 0.6 is 0 Å². The van der Waals surface area contributed by atoms with Crippen LogP contribution in [0.25, 0.3) is 0 Å². The first-order chi connectivity index (χ1) is 5.88. The molecule has 3 nitrogen and oxygen atoms in total. The van der Waals surface area contributed by atoms with Crippen molar-refractivity contribution >= 4 is 0 Å². The van der Waals surface area contributed by atoms with E-state index in [2.05, 4.69) is 4.90 Å². The van der Waals surface area contributed by atoms with Crippen LogP contribution in [0.5, 0.6) is 0 Å². The lowest BCUT2D eigenvalue weighted by Crippen LogP contribution is -2.34. The van der Waals surface area contributed by atoms with E-state index in [1.54, 1.807) is 0 Å². The molecule has 0 saturated carbocycles. The van der Waals surface area contributed by atoms with Crippen molar-refractivity contribution in [3.8, 4) is 0 Å². The molecule has 0 aliphatic carbocycles. The van der Waals surface area contributed by atoms with E-state index in [1.807, 2.05) is 6.92 Å². The number of ether oxygens (including phenoxy) is 1. The molecule has 0 aromatic rings. The van der Waals surface area contributed by atoms with Crippen LogP contribution in [0.4, 0.5) is 0 Å². The molecule has 72 valence electrons. The van der Waals surface area contributed by atoms with Gasteiger partial charge in [-0.05, 0) is 26.3 Å². The first kappa shape index (κ1) is 9.96. The van der Waals surface area contributed by atoms with E-state index in [9.17, 15) is 0 Å². The molecule has 1 unspecified atom stereocenters. The molecule has 1 fully saturated rings. The fraction of sp³-hybridized carbons (Fsp3) is 1.00. The van der Waals surface area contributed by atoms with Crippen LogP contribution in [-0.2, 0) is 4.74 Å².